The van der Waals surface area contributed by atoms with Crippen molar-refractivity contribution in [3.8, 4) is 0 Å². The average Bonchev–Trinajstić information content (AvgIpc) is 2.41. The molecule has 0 aliphatic carbocycles. The maximum Gasteiger partial charge on any atom is 0.242 e. The van der Waals surface area contributed by atoms with Gasteiger partial charge in [0.1, 0.15) is 0 Å². The highest BCUT2D eigenvalue weighted by Gasteiger charge is 2.28. The van der Waals surface area contributed by atoms with Crippen LogP contribution in [0.25, 0.3) is 0 Å². The van der Waals surface area contributed by atoms with E-state index in [1.165, 1.54) is 4.31 Å². The number of nitrogens with zero attached hydrogens (tertiary/aromatic N) is 2. The summed E-state index contributed by atoms with van der Waals surface area (Å²) >= 11 is 0. The Balaban J connectivity index is 2.18. The van der Waals surface area contributed by atoms with Gasteiger partial charge in [0, 0.05) is 39.3 Å². The van der Waals surface area contributed by atoms with Gasteiger partial charge in [-0.3, -0.25) is 4.90 Å². The van der Waals surface area contributed by atoms with Crippen molar-refractivity contribution in [1.29, 1.82) is 0 Å². The van der Waals surface area contributed by atoms with Crippen molar-refractivity contribution in [3.63, 3.8) is 0 Å². The van der Waals surface area contributed by atoms with Gasteiger partial charge in [-0.2, -0.15) is 0 Å². The van der Waals surface area contributed by atoms with Crippen LogP contribution in [0.3, 0.4) is 0 Å². The monoisotopic (exact) mass is 311 g/mol. The average molecular weight is 311 g/mol. The second-order valence-corrected chi connectivity index (χ2v) is 7.83. The zero-order valence-corrected chi connectivity index (χ0v) is 14.0. The molecule has 1 aromatic rings. The Bertz CT molecular complexity index is 565. The molecule has 5 nitrogen and oxygen atoms in total. The van der Waals surface area contributed by atoms with Crippen molar-refractivity contribution in [1.82, 2.24) is 14.5 Å². The fraction of sp³-hybridized carbons (Fsp3) is 0.600. The summed E-state index contributed by atoms with van der Waals surface area (Å²) in [6.07, 6.45) is 0. The third-order valence-electron chi connectivity index (χ3n) is 4.23. The topological polar surface area (TPSA) is 52.7 Å². The summed E-state index contributed by atoms with van der Waals surface area (Å²) in [7, 11) is -0.245. The van der Waals surface area contributed by atoms with Gasteiger partial charge in [-0.25, -0.2) is 12.7 Å². The summed E-state index contributed by atoms with van der Waals surface area (Å²) in [6, 6.07) is 8.13. The molecule has 0 amide bonds. The predicted molar refractivity (Wildman–Crippen MR) is 84.8 cm³/mol. The van der Waals surface area contributed by atoms with Crippen molar-refractivity contribution in [3.05, 3.63) is 29.8 Å². The highest BCUT2D eigenvalue weighted by molar-refractivity contribution is 7.89. The Labute approximate surface area is 128 Å². The van der Waals surface area contributed by atoms with Crippen LogP contribution in [0.4, 0.5) is 0 Å². The van der Waals surface area contributed by atoms with Gasteiger partial charge in [-0.05, 0) is 31.2 Å². The molecule has 21 heavy (non-hydrogen) atoms. The molecule has 0 aromatic heterocycles. The van der Waals surface area contributed by atoms with Gasteiger partial charge < -0.3 is 5.32 Å². The Morgan fingerprint density at radius 1 is 1.24 bits per heavy atom. The summed E-state index contributed by atoms with van der Waals surface area (Å²) in [6.45, 7) is 7.40. The molecule has 118 valence electrons. The first-order valence-corrected chi connectivity index (χ1v) is 8.81. The van der Waals surface area contributed by atoms with Crippen molar-refractivity contribution >= 4 is 10.0 Å². The molecule has 1 saturated heterocycles. The standard InChI is InChI=1S/C15H25N3O2S/c1-5-18(14-10-16-11-14)12(2)13-6-8-15(9-7-13)21(19,20)17(3)4/h6-9,12,14,16H,5,10-11H2,1-4H3. The summed E-state index contributed by atoms with van der Waals surface area (Å²) < 4.78 is 25.4. The first kappa shape index (κ1) is 16.4. The van der Waals surface area contributed by atoms with Gasteiger partial charge >= 0.3 is 0 Å². The van der Waals surface area contributed by atoms with Crippen LogP contribution in [0, 0.1) is 0 Å². The Morgan fingerprint density at radius 3 is 2.19 bits per heavy atom. The largest absolute Gasteiger partial charge is 0.314 e. The SMILES string of the molecule is CCN(C1CNC1)C(C)c1ccc(S(=O)(=O)N(C)C)cc1. The number of rotatable bonds is 6. The minimum atomic E-state index is -3.35. The molecule has 2 rings (SSSR count). The molecule has 1 aliphatic heterocycles. The lowest BCUT2D eigenvalue weighted by molar-refractivity contribution is 0.110. The van der Waals surface area contributed by atoms with Crippen LogP contribution < -0.4 is 5.32 Å². The summed E-state index contributed by atoms with van der Waals surface area (Å²) in [5.41, 5.74) is 1.15. The molecule has 6 heteroatoms. The lowest BCUT2D eigenvalue weighted by Gasteiger charge is -2.41. The molecule has 1 heterocycles. The van der Waals surface area contributed by atoms with E-state index in [9.17, 15) is 8.42 Å². The molecule has 0 saturated carbocycles. The van der Waals surface area contributed by atoms with E-state index in [1.54, 1.807) is 26.2 Å². The van der Waals surface area contributed by atoms with E-state index in [2.05, 4.69) is 24.1 Å². The second-order valence-electron chi connectivity index (χ2n) is 5.67. The Morgan fingerprint density at radius 2 is 1.81 bits per heavy atom. The van der Waals surface area contributed by atoms with Gasteiger partial charge in [0.05, 0.1) is 4.90 Å². The summed E-state index contributed by atoms with van der Waals surface area (Å²) in [4.78, 5) is 2.79. The predicted octanol–water partition coefficient (Wildman–Crippen LogP) is 1.29. The maximum atomic E-state index is 12.1. The van der Waals surface area contributed by atoms with Crippen LogP contribution in [-0.4, -0.2) is 57.4 Å². The number of likely N-dealkylation sites (N-methyl/N-ethyl adjacent to an activating group) is 1. The molecule has 1 N–H and O–H groups in total. The number of sulfonamides is 1. The molecule has 0 spiro atoms. The zero-order valence-electron chi connectivity index (χ0n) is 13.2. The maximum absolute atomic E-state index is 12.1. The minimum absolute atomic E-state index is 0.290. The molecule has 1 aliphatic rings. The summed E-state index contributed by atoms with van der Waals surface area (Å²) in [5, 5.41) is 3.30. The van der Waals surface area contributed by atoms with E-state index in [0.717, 1.165) is 25.2 Å². The van der Waals surface area contributed by atoms with E-state index in [0.29, 0.717) is 17.0 Å². The molecule has 1 aromatic carbocycles. The van der Waals surface area contributed by atoms with Gasteiger partial charge in [-0.15, -0.1) is 0 Å². The second kappa shape index (κ2) is 6.44. The van der Waals surface area contributed by atoms with E-state index in [-0.39, 0.29) is 0 Å². The van der Waals surface area contributed by atoms with Crippen molar-refractivity contribution in [2.45, 2.75) is 30.8 Å². The Hall–Kier alpha value is -0.950. The minimum Gasteiger partial charge on any atom is -0.314 e. The molecule has 1 atom stereocenters. The third kappa shape index (κ3) is 3.29. The number of hydrogen-bond donors (Lipinski definition) is 1. The zero-order chi connectivity index (χ0) is 15.6. The van der Waals surface area contributed by atoms with Crippen molar-refractivity contribution in [2.75, 3.05) is 33.7 Å². The first-order valence-electron chi connectivity index (χ1n) is 7.37. The van der Waals surface area contributed by atoms with E-state index in [4.69, 9.17) is 0 Å². The molecular weight excluding hydrogens is 286 g/mol. The molecule has 1 fully saturated rings. The van der Waals surface area contributed by atoms with Gasteiger partial charge in [0.2, 0.25) is 10.0 Å². The van der Waals surface area contributed by atoms with Crippen LogP contribution in [0.15, 0.2) is 29.2 Å². The first-order chi connectivity index (χ1) is 9.87. The van der Waals surface area contributed by atoms with Crippen LogP contribution in [-0.2, 0) is 10.0 Å². The van der Waals surface area contributed by atoms with Crippen LogP contribution >= 0.6 is 0 Å². The van der Waals surface area contributed by atoms with Crippen LogP contribution in [0.2, 0.25) is 0 Å². The quantitative estimate of drug-likeness (QED) is 0.860. The highest BCUT2D eigenvalue weighted by Crippen LogP contribution is 2.25. The van der Waals surface area contributed by atoms with E-state index >= 15 is 0 Å². The summed E-state index contributed by atoms with van der Waals surface area (Å²) in [5.74, 6) is 0. The Kier molecular flexibility index (Phi) is 5.03. The number of benzene rings is 1. The molecule has 0 bridgehead atoms. The van der Waals surface area contributed by atoms with Crippen molar-refractivity contribution in [2.24, 2.45) is 0 Å². The number of nitrogens with one attached hydrogen (secondary N) is 1. The van der Waals surface area contributed by atoms with Crippen LogP contribution in [0.1, 0.15) is 25.5 Å². The molecule has 0 radical (unpaired) electrons. The smallest absolute Gasteiger partial charge is 0.242 e. The fourth-order valence-corrected chi connectivity index (χ4v) is 3.58. The highest BCUT2D eigenvalue weighted by atomic mass is 32.2. The van der Waals surface area contributed by atoms with Gasteiger partial charge in [0.25, 0.3) is 0 Å². The van der Waals surface area contributed by atoms with Crippen molar-refractivity contribution < 1.29 is 8.42 Å². The molecular formula is C15H25N3O2S. The lowest BCUT2D eigenvalue weighted by atomic mass is 10.0. The fourth-order valence-electron chi connectivity index (χ4n) is 2.68. The van der Waals surface area contributed by atoms with Gasteiger partial charge in [0.15, 0.2) is 0 Å². The third-order valence-corrected chi connectivity index (χ3v) is 6.06. The lowest BCUT2D eigenvalue weighted by Crippen LogP contribution is -2.57. The number of hydrogen-bond acceptors (Lipinski definition) is 4. The van der Waals surface area contributed by atoms with Gasteiger partial charge in [-0.1, -0.05) is 19.1 Å². The normalized spacial score (nSPS) is 18.0. The van der Waals surface area contributed by atoms with Crippen LogP contribution in [0.5, 0.6) is 0 Å². The van der Waals surface area contributed by atoms with E-state index < -0.39 is 10.0 Å². The van der Waals surface area contributed by atoms with E-state index in [1.807, 2.05) is 12.1 Å². The molecule has 1 unspecified atom stereocenters.